The van der Waals surface area contributed by atoms with Crippen molar-refractivity contribution in [3.8, 4) is 11.5 Å². The van der Waals surface area contributed by atoms with Gasteiger partial charge >= 0.3 is 0 Å². The summed E-state index contributed by atoms with van der Waals surface area (Å²) in [7, 11) is 1.56. The van der Waals surface area contributed by atoms with E-state index in [4.69, 9.17) is 15.4 Å². The Labute approximate surface area is 88.3 Å². The minimum atomic E-state index is -0.750. The molecule has 3 N–H and O–H groups in total. The van der Waals surface area contributed by atoms with Crippen molar-refractivity contribution in [1.82, 2.24) is 0 Å². The summed E-state index contributed by atoms with van der Waals surface area (Å²) >= 11 is 0. The van der Waals surface area contributed by atoms with Crippen LogP contribution in [0.4, 0.5) is 0 Å². The molecule has 1 aromatic carbocycles. The fraction of sp³-hybridized carbons (Fsp3) is 0.400. The van der Waals surface area contributed by atoms with Crippen LogP contribution in [-0.4, -0.2) is 31.5 Å². The van der Waals surface area contributed by atoms with Gasteiger partial charge in [0.15, 0.2) is 11.5 Å². The number of aliphatic hydroxyl groups excluding tert-OH is 1. The molecule has 0 aliphatic carbocycles. The van der Waals surface area contributed by atoms with Crippen LogP contribution in [0.2, 0.25) is 0 Å². The second kappa shape index (κ2) is 6.23. The molecule has 1 unspecified atom stereocenters. The van der Waals surface area contributed by atoms with Crippen LogP contribution in [0.3, 0.4) is 0 Å². The van der Waals surface area contributed by atoms with Gasteiger partial charge in [-0.25, -0.2) is 5.90 Å². The molecular formula is C10H15NO4. The molecule has 0 aromatic heterocycles. The van der Waals surface area contributed by atoms with Gasteiger partial charge in [0.2, 0.25) is 0 Å². The van der Waals surface area contributed by atoms with Crippen LogP contribution in [0.5, 0.6) is 11.5 Å². The summed E-state index contributed by atoms with van der Waals surface area (Å²) in [6.45, 7) is 0.146. The highest BCUT2D eigenvalue weighted by Gasteiger charge is 2.07. The molecule has 84 valence electrons. The topological polar surface area (TPSA) is 73.9 Å². The summed E-state index contributed by atoms with van der Waals surface area (Å²) in [5.41, 5.74) is 0. The maximum Gasteiger partial charge on any atom is 0.161 e. The molecule has 0 bridgehead atoms. The molecule has 0 aliphatic heterocycles. The van der Waals surface area contributed by atoms with Crippen LogP contribution in [0.1, 0.15) is 0 Å². The Kier molecular flexibility index (Phi) is 4.89. The molecule has 1 atom stereocenters. The van der Waals surface area contributed by atoms with E-state index in [-0.39, 0.29) is 13.2 Å². The monoisotopic (exact) mass is 213 g/mol. The van der Waals surface area contributed by atoms with Crippen molar-refractivity contribution >= 4 is 0 Å². The van der Waals surface area contributed by atoms with Crippen molar-refractivity contribution in [3.05, 3.63) is 24.3 Å². The molecule has 0 amide bonds. The van der Waals surface area contributed by atoms with Gasteiger partial charge in [0, 0.05) is 0 Å². The number of ether oxygens (including phenoxy) is 2. The van der Waals surface area contributed by atoms with Gasteiger partial charge in [0.1, 0.15) is 12.7 Å². The van der Waals surface area contributed by atoms with E-state index in [2.05, 4.69) is 4.84 Å². The van der Waals surface area contributed by atoms with E-state index in [9.17, 15) is 5.11 Å². The fourth-order valence-electron chi connectivity index (χ4n) is 1.08. The second-order valence-electron chi connectivity index (χ2n) is 2.95. The van der Waals surface area contributed by atoms with Crippen molar-refractivity contribution in [2.75, 3.05) is 20.3 Å². The van der Waals surface area contributed by atoms with Gasteiger partial charge in [0.25, 0.3) is 0 Å². The van der Waals surface area contributed by atoms with Gasteiger partial charge < -0.3 is 19.4 Å². The molecule has 1 rings (SSSR count). The van der Waals surface area contributed by atoms with Gasteiger partial charge in [-0.2, -0.15) is 0 Å². The Morgan fingerprint density at radius 3 is 2.53 bits per heavy atom. The Hall–Kier alpha value is -1.30. The van der Waals surface area contributed by atoms with E-state index in [0.29, 0.717) is 11.5 Å². The van der Waals surface area contributed by atoms with Crippen LogP contribution in [0.25, 0.3) is 0 Å². The van der Waals surface area contributed by atoms with Gasteiger partial charge in [0.05, 0.1) is 13.7 Å². The first-order valence-corrected chi connectivity index (χ1v) is 4.53. The molecule has 0 fully saturated rings. The lowest BCUT2D eigenvalue weighted by atomic mass is 10.3. The zero-order valence-corrected chi connectivity index (χ0v) is 8.55. The smallest absolute Gasteiger partial charge is 0.161 e. The summed E-state index contributed by atoms with van der Waals surface area (Å²) in [5.74, 6) is 6.02. The molecule has 0 heterocycles. The van der Waals surface area contributed by atoms with Gasteiger partial charge in [-0.3, -0.25) is 0 Å². The van der Waals surface area contributed by atoms with Crippen molar-refractivity contribution in [3.63, 3.8) is 0 Å². The Balaban J connectivity index is 2.49. The lowest BCUT2D eigenvalue weighted by Crippen LogP contribution is -2.25. The third kappa shape index (κ3) is 3.75. The second-order valence-corrected chi connectivity index (χ2v) is 2.95. The third-order valence-corrected chi connectivity index (χ3v) is 1.79. The molecule has 0 spiro atoms. The van der Waals surface area contributed by atoms with Gasteiger partial charge in [-0.05, 0) is 12.1 Å². The number of nitrogens with two attached hydrogens (primary N) is 1. The average Bonchev–Trinajstić information content (AvgIpc) is 2.27. The van der Waals surface area contributed by atoms with Crippen molar-refractivity contribution in [2.45, 2.75) is 6.10 Å². The summed E-state index contributed by atoms with van der Waals surface area (Å²) in [6, 6.07) is 7.20. The van der Waals surface area contributed by atoms with E-state index in [1.165, 1.54) is 0 Å². The predicted molar refractivity (Wildman–Crippen MR) is 54.6 cm³/mol. The number of para-hydroxylation sites is 2. The SMILES string of the molecule is COc1ccccc1OCC(O)CON. The molecular weight excluding hydrogens is 198 g/mol. The van der Waals surface area contributed by atoms with Crippen LogP contribution in [0.15, 0.2) is 24.3 Å². The maximum atomic E-state index is 9.30. The number of hydrogen-bond acceptors (Lipinski definition) is 5. The van der Waals surface area contributed by atoms with E-state index in [1.54, 1.807) is 19.2 Å². The van der Waals surface area contributed by atoms with Crippen molar-refractivity contribution in [2.24, 2.45) is 5.90 Å². The third-order valence-electron chi connectivity index (χ3n) is 1.79. The molecule has 0 saturated carbocycles. The van der Waals surface area contributed by atoms with E-state index in [1.807, 2.05) is 12.1 Å². The number of aliphatic hydroxyl groups is 1. The maximum absolute atomic E-state index is 9.30. The number of methoxy groups -OCH3 is 1. The first-order chi connectivity index (χ1) is 7.27. The molecule has 0 radical (unpaired) electrons. The Morgan fingerprint density at radius 1 is 1.27 bits per heavy atom. The molecule has 5 nitrogen and oxygen atoms in total. The molecule has 15 heavy (non-hydrogen) atoms. The van der Waals surface area contributed by atoms with Crippen molar-refractivity contribution < 1.29 is 19.4 Å². The number of hydrogen-bond donors (Lipinski definition) is 2. The summed E-state index contributed by atoms with van der Waals surface area (Å²) in [6.07, 6.45) is -0.750. The van der Waals surface area contributed by atoms with Crippen molar-refractivity contribution in [1.29, 1.82) is 0 Å². The van der Waals surface area contributed by atoms with Gasteiger partial charge in [-0.1, -0.05) is 12.1 Å². The van der Waals surface area contributed by atoms with Gasteiger partial charge in [-0.15, -0.1) is 0 Å². The lowest BCUT2D eigenvalue weighted by Gasteiger charge is -2.13. The van der Waals surface area contributed by atoms with Crippen LogP contribution >= 0.6 is 0 Å². The number of benzene rings is 1. The molecule has 0 saturated heterocycles. The van der Waals surface area contributed by atoms with E-state index < -0.39 is 6.10 Å². The zero-order chi connectivity index (χ0) is 11.1. The minimum Gasteiger partial charge on any atom is -0.493 e. The highest BCUT2D eigenvalue weighted by atomic mass is 16.6. The highest BCUT2D eigenvalue weighted by Crippen LogP contribution is 2.25. The fourth-order valence-corrected chi connectivity index (χ4v) is 1.08. The quantitative estimate of drug-likeness (QED) is 0.666. The van der Waals surface area contributed by atoms with E-state index in [0.717, 1.165) is 0 Å². The largest absolute Gasteiger partial charge is 0.493 e. The number of rotatable bonds is 6. The average molecular weight is 213 g/mol. The molecule has 1 aromatic rings. The first-order valence-electron chi connectivity index (χ1n) is 4.53. The van der Waals surface area contributed by atoms with Crippen LogP contribution < -0.4 is 15.4 Å². The lowest BCUT2D eigenvalue weighted by molar-refractivity contribution is 0.0111. The van der Waals surface area contributed by atoms with Crippen LogP contribution in [0, 0.1) is 0 Å². The van der Waals surface area contributed by atoms with Crippen LogP contribution in [-0.2, 0) is 4.84 Å². The Bertz CT molecular complexity index is 293. The predicted octanol–water partition coefficient (Wildman–Crippen LogP) is 0.325. The summed E-state index contributed by atoms with van der Waals surface area (Å²) in [5, 5.41) is 9.30. The summed E-state index contributed by atoms with van der Waals surface area (Å²) < 4.78 is 10.4. The Morgan fingerprint density at radius 2 is 1.93 bits per heavy atom. The molecule has 5 heteroatoms. The highest BCUT2D eigenvalue weighted by molar-refractivity contribution is 5.39. The first kappa shape index (κ1) is 11.8. The normalized spacial score (nSPS) is 12.2. The minimum absolute atomic E-state index is 0.0369. The van der Waals surface area contributed by atoms with E-state index >= 15 is 0 Å². The summed E-state index contributed by atoms with van der Waals surface area (Å²) in [4.78, 5) is 4.29. The standard InChI is InChI=1S/C10H15NO4/c1-13-9-4-2-3-5-10(9)14-6-8(12)7-15-11/h2-5,8,12H,6-7,11H2,1H3. The molecule has 0 aliphatic rings. The zero-order valence-electron chi connectivity index (χ0n) is 8.55.